The maximum absolute atomic E-state index is 5.92. The molecule has 0 saturated carbocycles. The number of hydrogen-bond acceptors (Lipinski definition) is 4. The molecule has 0 amide bonds. The Morgan fingerprint density at radius 1 is 0.889 bits per heavy atom. The lowest BCUT2D eigenvalue weighted by Crippen LogP contribution is -1.77. The molecule has 0 bridgehead atoms. The maximum atomic E-state index is 5.92. The Balaban J connectivity index is 2.00. The predicted molar refractivity (Wildman–Crippen MR) is 68.0 cm³/mol. The highest BCUT2D eigenvalue weighted by Gasteiger charge is 2.10. The number of nitrogens with zero attached hydrogens (tertiary/aromatic N) is 3. The van der Waals surface area contributed by atoms with E-state index < -0.39 is 0 Å². The normalized spacial score (nSPS) is 10.5. The van der Waals surface area contributed by atoms with Gasteiger partial charge in [-0.15, -0.1) is 10.2 Å². The van der Waals surface area contributed by atoms with Crippen molar-refractivity contribution in [2.75, 3.05) is 0 Å². The highest BCUT2D eigenvalue weighted by atomic mass is 35.5. The number of hydrogen-bond donors (Lipinski definition) is 0. The molecule has 0 radical (unpaired) electrons. The van der Waals surface area contributed by atoms with Gasteiger partial charge in [0.05, 0.1) is 0 Å². The summed E-state index contributed by atoms with van der Waals surface area (Å²) in [6, 6.07) is 10.9. The molecule has 1 aromatic carbocycles. The van der Waals surface area contributed by atoms with E-state index in [0.717, 1.165) is 11.1 Å². The molecule has 2 aromatic heterocycles. The molecule has 0 aliphatic rings. The molecule has 0 aliphatic carbocycles. The average Bonchev–Trinajstić information content (AvgIpc) is 2.89. The van der Waals surface area contributed by atoms with Gasteiger partial charge < -0.3 is 4.42 Å². The lowest BCUT2D eigenvalue weighted by Gasteiger charge is -1.95. The van der Waals surface area contributed by atoms with Crippen LogP contribution in [0.25, 0.3) is 22.9 Å². The van der Waals surface area contributed by atoms with Gasteiger partial charge in [-0.05, 0) is 30.3 Å². The third-order valence-electron chi connectivity index (χ3n) is 2.42. The largest absolute Gasteiger partial charge is 0.416 e. The van der Waals surface area contributed by atoms with Gasteiger partial charge in [-0.1, -0.05) is 17.7 Å². The van der Waals surface area contributed by atoms with Crippen molar-refractivity contribution in [1.29, 1.82) is 0 Å². The van der Waals surface area contributed by atoms with Crippen molar-refractivity contribution in [1.82, 2.24) is 15.2 Å². The van der Waals surface area contributed by atoms with Crippen LogP contribution in [0.3, 0.4) is 0 Å². The van der Waals surface area contributed by atoms with Crippen molar-refractivity contribution in [3.8, 4) is 22.9 Å². The lowest BCUT2D eigenvalue weighted by atomic mass is 10.2. The average molecular weight is 258 g/mol. The first kappa shape index (κ1) is 10.9. The molecule has 0 atom stereocenters. The van der Waals surface area contributed by atoms with Crippen LogP contribution in [-0.2, 0) is 0 Å². The molecule has 4 nitrogen and oxygen atoms in total. The third-order valence-corrected chi connectivity index (χ3v) is 2.66. The molecule has 0 unspecified atom stereocenters. The number of rotatable bonds is 2. The van der Waals surface area contributed by atoms with Crippen molar-refractivity contribution >= 4 is 11.6 Å². The van der Waals surface area contributed by atoms with E-state index in [1.165, 1.54) is 0 Å². The Morgan fingerprint density at radius 3 is 2.33 bits per heavy atom. The van der Waals surface area contributed by atoms with Gasteiger partial charge in [-0.3, -0.25) is 4.98 Å². The fourth-order valence-electron chi connectivity index (χ4n) is 1.57. The molecule has 0 N–H and O–H groups in total. The Bertz CT molecular complexity index is 667. The van der Waals surface area contributed by atoms with Gasteiger partial charge in [0.15, 0.2) is 0 Å². The summed E-state index contributed by atoms with van der Waals surface area (Å²) in [7, 11) is 0. The highest BCUT2D eigenvalue weighted by Crippen LogP contribution is 2.25. The first-order valence-electron chi connectivity index (χ1n) is 5.33. The Kier molecular flexibility index (Phi) is 2.78. The molecule has 0 fully saturated rings. The first-order valence-corrected chi connectivity index (χ1v) is 5.70. The van der Waals surface area contributed by atoms with E-state index in [1.54, 1.807) is 24.5 Å². The van der Waals surface area contributed by atoms with E-state index >= 15 is 0 Å². The smallest absolute Gasteiger partial charge is 0.248 e. The van der Waals surface area contributed by atoms with Crippen molar-refractivity contribution in [2.45, 2.75) is 0 Å². The molecule has 3 rings (SSSR count). The van der Waals surface area contributed by atoms with Crippen LogP contribution >= 0.6 is 11.6 Å². The molecule has 0 saturated heterocycles. The van der Waals surface area contributed by atoms with Gasteiger partial charge in [0, 0.05) is 28.5 Å². The lowest BCUT2D eigenvalue weighted by molar-refractivity contribution is 0.584. The van der Waals surface area contributed by atoms with Crippen LogP contribution in [0.2, 0.25) is 5.02 Å². The van der Waals surface area contributed by atoms with Gasteiger partial charge >= 0.3 is 0 Å². The van der Waals surface area contributed by atoms with Crippen molar-refractivity contribution < 1.29 is 4.42 Å². The summed E-state index contributed by atoms with van der Waals surface area (Å²) in [4.78, 5) is 3.94. The van der Waals surface area contributed by atoms with Gasteiger partial charge in [0.2, 0.25) is 11.8 Å². The van der Waals surface area contributed by atoms with Crippen molar-refractivity contribution in [3.05, 3.63) is 53.8 Å². The summed E-state index contributed by atoms with van der Waals surface area (Å²) in [6.07, 6.45) is 3.36. The minimum atomic E-state index is 0.448. The van der Waals surface area contributed by atoms with Gasteiger partial charge in [0.25, 0.3) is 0 Å². The maximum Gasteiger partial charge on any atom is 0.248 e. The van der Waals surface area contributed by atoms with E-state index in [2.05, 4.69) is 15.2 Å². The fraction of sp³-hybridized carbons (Fsp3) is 0. The summed E-state index contributed by atoms with van der Waals surface area (Å²) in [5, 5.41) is 8.65. The summed E-state index contributed by atoms with van der Waals surface area (Å²) in [6.45, 7) is 0. The molecule has 0 spiro atoms. The van der Waals surface area contributed by atoms with E-state index in [1.807, 2.05) is 24.3 Å². The Hall–Kier alpha value is -2.20. The zero-order valence-electron chi connectivity index (χ0n) is 9.25. The molecular weight excluding hydrogens is 250 g/mol. The summed E-state index contributed by atoms with van der Waals surface area (Å²) < 4.78 is 5.60. The molecular formula is C13H8ClN3O. The molecule has 2 heterocycles. The van der Waals surface area contributed by atoms with Gasteiger partial charge in [-0.25, -0.2) is 0 Å². The monoisotopic (exact) mass is 257 g/mol. The number of benzene rings is 1. The third kappa shape index (κ3) is 2.10. The zero-order valence-corrected chi connectivity index (χ0v) is 10.0. The minimum absolute atomic E-state index is 0.448. The molecule has 3 aromatic rings. The molecule has 88 valence electrons. The first-order chi connectivity index (χ1) is 8.83. The molecule has 5 heteroatoms. The number of pyridine rings is 1. The topological polar surface area (TPSA) is 51.8 Å². The summed E-state index contributed by atoms with van der Waals surface area (Å²) >= 11 is 5.92. The van der Waals surface area contributed by atoms with E-state index in [-0.39, 0.29) is 0 Å². The quantitative estimate of drug-likeness (QED) is 0.706. The van der Waals surface area contributed by atoms with E-state index in [0.29, 0.717) is 16.8 Å². The molecule has 0 aliphatic heterocycles. The summed E-state index contributed by atoms with van der Waals surface area (Å²) in [5.41, 5.74) is 1.64. The Morgan fingerprint density at radius 2 is 1.61 bits per heavy atom. The van der Waals surface area contributed by atoms with Crippen LogP contribution in [0.1, 0.15) is 0 Å². The van der Waals surface area contributed by atoms with Crippen LogP contribution in [0.5, 0.6) is 0 Å². The second-order valence-electron chi connectivity index (χ2n) is 3.66. The van der Waals surface area contributed by atoms with Crippen LogP contribution in [0.15, 0.2) is 53.2 Å². The second kappa shape index (κ2) is 4.58. The van der Waals surface area contributed by atoms with E-state index in [4.69, 9.17) is 16.0 Å². The Labute approximate surface area is 108 Å². The molecule has 18 heavy (non-hydrogen) atoms. The SMILES string of the molecule is Clc1cccc(-c2nnc(-c3ccncc3)o2)c1. The minimum Gasteiger partial charge on any atom is -0.416 e. The van der Waals surface area contributed by atoms with Crippen molar-refractivity contribution in [3.63, 3.8) is 0 Å². The fourth-order valence-corrected chi connectivity index (χ4v) is 1.76. The van der Waals surface area contributed by atoms with Crippen LogP contribution in [0, 0.1) is 0 Å². The van der Waals surface area contributed by atoms with E-state index in [9.17, 15) is 0 Å². The number of halogens is 1. The predicted octanol–water partition coefficient (Wildman–Crippen LogP) is 3.45. The van der Waals surface area contributed by atoms with Crippen LogP contribution in [-0.4, -0.2) is 15.2 Å². The van der Waals surface area contributed by atoms with Gasteiger partial charge in [0.1, 0.15) is 0 Å². The van der Waals surface area contributed by atoms with Crippen molar-refractivity contribution in [2.24, 2.45) is 0 Å². The zero-order chi connectivity index (χ0) is 12.4. The highest BCUT2D eigenvalue weighted by molar-refractivity contribution is 6.30. The standard InChI is InChI=1S/C13H8ClN3O/c14-11-3-1-2-10(8-11)13-17-16-12(18-13)9-4-6-15-7-5-9/h1-8H. The van der Waals surface area contributed by atoms with Gasteiger partial charge in [-0.2, -0.15) is 0 Å². The summed E-state index contributed by atoms with van der Waals surface area (Å²) in [5.74, 6) is 0.914. The number of aromatic nitrogens is 3. The van der Waals surface area contributed by atoms with Crippen LogP contribution in [0.4, 0.5) is 0 Å². The van der Waals surface area contributed by atoms with Crippen LogP contribution < -0.4 is 0 Å². The second-order valence-corrected chi connectivity index (χ2v) is 4.10.